The first-order chi connectivity index (χ1) is 7.70. The molecule has 0 spiro atoms. The van der Waals surface area contributed by atoms with Crippen LogP contribution >= 0.6 is 0 Å². The third-order valence-electron chi connectivity index (χ3n) is 3.20. The van der Waals surface area contributed by atoms with Crippen LogP contribution in [0.1, 0.15) is 52.9 Å². The fourth-order valence-corrected chi connectivity index (χ4v) is 2.44. The second-order valence-electron chi connectivity index (χ2n) is 4.78. The van der Waals surface area contributed by atoms with Crippen LogP contribution in [0.2, 0.25) is 0 Å². The highest BCUT2D eigenvalue weighted by atomic mass is 14.8. The van der Waals surface area contributed by atoms with Gasteiger partial charge in [-0.3, -0.25) is 4.99 Å². The van der Waals surface area contributed by atoms with E-state index in [0.717, 1.165) is 6.54 Å². The van der Waals surface area contributed by atoms with Crippen LogP contribution in [-0.4, -0.2) is 19.3 Å². The monoisotopic (exact) mass is 222 g/mol. The quantitative estimate of drug-likeness (QED) is 0.723. The standard InChI is InChI=1S/C14H26N2/c1-5-16-14(11(2)3)12-9-7-6-8-10-13(12)15-4/h11,15H,5-10H2,1-4H3. The lowest BCUT2D eigenvalue weighted by Crippen LogP contribution is -2.18. The van der Waals surface area contributed by atoms with E-state index in [1.54, 1.807) is 0 Å². The fourth-order valence-electron chi connectivity index (χ4n) is 2.44. The summed E-state index contributed by atoms with van der Waals surface area (Å²) in [5.74, 6) is 0.538. The molecule has 0 amide bonds. The number of allylic oxidation sites excluding steroid dienone is 2. The summed E-state index contributed by atoms with van der Waals surface area (Å²) in [6, 6.07) is 0. The molecule has 0 aromatic carbocycles. The zero-order valence-electron chi connectivity index (χ0n) is 11.3. The van der Waals surface area contributed by atoms with Crippen LogP contribution in [0.3, 0.4) is 0 Å². The summed E-state index contributed by atoms with van der Waals surface area (Å²) in [7, 11) is 2.05. The fraction of sp³-hybridized carbons (Fsp3) is 0.786. The van der Waals surface area contributed by atoms with E-state index in [4.69, 9.17) is 4.99 Å². The Morgan fingerprint density at radius 2 is 1.94 bits per heavy atom. The topological polar surface area (TPSA) is 24.4 Å². The molecule has 2 nitrogen and oxygen atoms in total. The van der Waals surface area contributed by atoms with E-state index in [9.17, 15) is 0 Å². The zero-order valence-corrected chi connectivity index (χ0v) is 11.3. The van der Waals surface area contributed by atoms with E-state index in [1.165, 1.54) is 49.1 Å². The molecule has 0 radical (unpaired) electrons. The van der Waals surface area contributed by atoms with Crippen molar-refractivity contribution in [2.45, 2.75) is 52.9 Å². The number of hydrogen-bond donors (Lipinski definition) is 1. The number of hydrogen-bond acceptors (Lipinski definition) is 2. The Morgan fingerprint density at radius 3 is 2.50 bits per heavy atom. The predicted molar refractivity (Wildman–Crippen MR) is 72.0 cm³/mol. The van der Waals surface area contributed by atoms with Crippen LogP contribution in [0.25, 0.3) is 0 Å². The largest absolute Gasteiger partial charge is 0.391 e. The van der Waals surface area contributed by atoms with Gasteiger partial charge < -0.3 is 5.32 Å². The molecule has 0 aliphatic heterocycles. The van der Waals surface area contributed by atoms with Gasteiger partial charge in [-0.1, -0.05) is 20.3 Å². The van der Waals surface area contributed by atoms with Gasteiger partial charge in [0.2, 0.25) is 0 Å². The molecule has 16 heavy (non-hydrogen) atoms. The normalized spacial score (nSPS) is 18.9. The number of nitrogens with one attached hydrogen (secondary N) is 1. The molecule has 0 unspecified atom stereocenters. The van der Waals surface area contributed by atoms with Gasteiger partial charge in [0.05, 0.1) is 0 Å². The summed E-state index contributed by atoms with van der Waals surface area (Å²) in [5.41, 5.74) is 4.25. The highest BCUT2D eigenvalue weighted by Gasteiger charge is 2.17. The lowest BCUT2D eigenvalue weighted by molar-refractivity contribution is 0.697. The van der Waals surface area contributed by atoms with E-state index >= 15 is 0 Å². The smallest absolute Gasteiger partial charge is 0.0422 e. The van der Waals surface area contributed by atoms with Gasteiger partial charge in [0.1, 0.15) is 0 Å². The van der Waals surface area contributed by atoms with Crippen molar-refractivity contribution in [3.63, 3.8) is 0 Å². The molecule has 0 saturated carbocycles. The minimum atomic E-state index is 0.538. The summed E-state index contributed by atoms with van der Waals surface area (Å²) >= 11 is 0. The molecule has 1 rings (SSSR count). The molecule has 0 saturated heterocycles. The van der Waals surface area contributed by atoms with E-state index in [1.807, 2.05) is 7.05 Å². The Morgan fingerprint density at radius 1 is 1.25 bits per heavy atom. The Balaban J connectivity index is 3.02. The lowest BCUT2D eigenvalue weighted by Gasteiger charge is -2.17. The summed E-state index contributed by atoms with van der Waals surface area (Å²) in [5, 5.41) is 3.39. The van der Waals surface area contributed by atoms with Crippen LogP contribution in [0.15, 0.2) is 16.3 Å². The third kappa shape index (κ3) is 3.36. The minimum Gasteiger partial charge on any atom is -0.391 e. The molecular weight excluding hydrogens is 196 g/mol. The molecule has 92 valence electrons. The van der Waals surface area contributed by atoms with E-state index in [0.29, 0.717) is 5.92 Å². The van der Waals surface area contributed by atoms with Crippen LogP contribution in [0, 0.1) is 5.92 Å². The molecule has 0 fully saturated rings. The Kier molecular flexibility index (Phi) is 5.58. The molecule has 1 aliphatic rings. The van der Waals surface area contributed by atoms with Crippen LogP contribution < -0.4 is 5.32 Å². The summed E-state index contributed by atoms with van der Waals surface area (Å²) in [4.78, 5) is 4.71. The maximum absolute atomic E-state index is 4.71. The van der Waals surface area contributed by atoms with E-state index < -0.39 is 0 Å². The maximum Gasteiger partial charge on any atom is 0.0422 e. The van der Waals surface area contributed by atoms with Gasteiger partial charge in [-0.2, -0.15) is 0 Å². The molecule has 1 N–H and O–H groups in total. The Labute approximate surface area is 100 Å². The van der Waals surface area contributed by atoms with Crippen molar-refractivity contribution in [1.29, 1.82) is 0 Å². The second-order valence-corrected chi connectivity index (χ2v) is 4.78. The summed E-state index contributed by atoms with van der Waals surface area (Å²) in [6.45, 7) is 7.52. The van der Waals surface area contributed by atoms with Crippen molar-refractivity contribution in [2.24, 2.45) is 10.9 Å². The molecule has 2 heteroatoms. The van der Waals surface area contributed by atoms with Crippen molar-refractivity contribution in [3.05, 3.63) is 11.3 Å². The number of nitrogens with zero attached hydrogens (tertiary/aromatic N) is 1. The Bertz CT molecular complexity index is 274. The zero-order chi connectivity index (χ0) is 12.0. The SMILES string of the molecule is CCN=C(C1=C(NC)CCCCC1)C(C)C. The Hall–Kier alpha value is -0.790. The van der Waals surface area contributed by atoms with Crippen LogP contribution in [-0.2, 0) is 0 Å². The van der Waals surface area contributed by atoms with Gasteiger partial charge in [-0.15, -0.1) is 0 Å². The van der Waals surface area contributed by atoms with Gasteiger partial charge >= 0.3 is 0 Å². The summed E-state index contributed by atoms with van der Waals surface area (Å²) in [6.07, 6.45) is 6.38. The first-order valence-corrected chi connectivity index (χ1v) is 6.65. The molecule has 0 bridgehead atoms. The molecular formula is C14H26N2. The van der Waals surface area contributed by atoms with Crippen molar-refractivity contribution in [1.82, 2.24) is 5.32 Å². The number of rotatable bonds is 4. The average Bonchev–Trinajstić information content (AvgIpc) is 2.50. The third-order valence-corrected chi connectivity index (χ3v) is 3.20. The van der Waals surface area contributed by atoms with Gasteiger partial charge in [0, 0.05) is 25.0 Å². The lowest BCUT2D eigenvalue weighted by atomic mass is 9.94. The molecule has 0 atom stereocenters. The highest BCUT2D eigenvalue weighted by molar-refractivity contribution is 6.02. The maximum atomic E-state index is 4.71. The van der Waals surface area contributed by atoms with E-state index in [-0.39, 0.29) is 0 Å². The predicted octanol–water partition coefficient (Wildman–Crippen LogP) is 3.54. The van der Waals surface area contributed by atoms with Crippen molar-refractivity contribution in [3.8, 4) is 0 Å². The first-order valence-electron chi connectivity index (χ1n) is 6.65. The van der Waals surface area contributed by atoms with Crippen molar-refractivity contribution in [2.75, 3.05) is 13.6 Å². The van der Waals surface area contributed by atoms with Crippen LogP contribution in [0.5, 0.6) is 0 Å². The summed E-state index contributed by atoms with van der Waals surface area (Å²) < 4.78 is 0. The average molecular weight is 222 g/mol. The number of aliphatic imine (C=N–C) groups is 1. The van der Waals surface area contributed by atoms with Gasteiger partial charge in [-0.05, 0) is 44.1 Å². The highest BCUT2D eigenvalue weighted by Crippen LogP contribution is 2.25. The van der Waals surface area contributed by atoms with Gasteiger partial charge in [0.25, 0.3) is 0 Å². The van der Waals surface area contributed by atoms with Gasteiger partial charge in [0.15, 0.2) is 0 Å². The van der Waals surface area contributed by atoms with Gasteiger partial charge in [-0.25, -0.2) is 0 Å². The second kappa shape index (κ2) is 6.72. The first kappa shape index (κ1) is 13.3. The van der Waals surface area contributed by atoms with Crippen molar-refractivity contribution < 1.29 is 0 Å². The minimum absolute atomic E-state index is 0.538. The molecule has 1 aliphatic carbocycles. The molecule has 0 heterocycles. The molecule has 0 aromatic rings. The molecule has 0 aromatic heterocycles. The van der Waals surface area contributed by atoms with E-state index in [2.05, 4.69) is 26.1 Å². The van der Waals surface area contributed by atoms with Crippen molar-refractivity contribution >= 4 is 5.71 Å². The van der Waals surface area contributed by atoms with Crippen LogP contribution in [0.4, 0.5) is 0 Å².